The summed E-state index contributed by atoms with van der Waals surface area (Å²) in [6.07, 6.45) is 4.46. The third kappa shape index (κ3) is 3.48. The Balaban J connectivity index is 1.75. The predicted octanol–water partition coefficient (Wildman–Crippen LogP) is 3.37. The first-order chi connectivity index (χ1) is 13.0. The molecule has 1 N–H and O–H groups in total. The second kappa shape index (κ2) is 7.24. The highest BCUT2D eigenvalue weighted by Crippen LogP contribution is 2.44. The van der Waals surface area contributed by atoms with E-state index in [1.54, 1.807) is 0 Å². The van der Waals surface area contributed by atoms with Gasteiger partial charge in [-0.2, -0.15) is 0 Å². The number of thiocarbonyl (C=S) groups is 1. The van der Waals surface area contributed by atoms with Gasteiger partial charge in [-0.3, -0.25) is 4.98 Å². The maximum atomic E-state index is 5.76. The molecule has 1 aliphatic carbocycles. The number of nitrogens with one attached hydrogen (secondary N) is 1. The summed E-state index contributed by atoms with van der Waals surface area (Å²) in [6.45, 7) is 6.37. The van der Waals surface area contributed by atoms with Crippen molar-refractivity contribution >= 4 is 17.3 Å². The summed E-state index contributed by atoms with van der Waals surface area (Å²) in [6, 6.07) is 9.42. The van der Waals surface area contributed by atoms with Gasteiger partial charge in [-0.1, -0.05) is 6.07 Å². The van der Waals surface area contributed by atoms with Crippen LogP contribution in [0.4, 0.5) is 0 Å². The Bertz CT molecular complexity index is 825. The first-order valence-corrected chi connectivity index (χ1v) is 10.2. The Morgan fingerprint density at radius 1 is 1.26 bits per heavy atom. The normalized spacial score (nSPS) is 22.6. The fraction of sp³-hybridized carbons (Fsp3) is 0.524. The standard InChI is InChI=1S/C21H29N5S/c1-14-13-17(15(2)26(14)16-8-9-16)20-19(18-7-5-6-10-22-18)23-21(27)25(20)12-11-24(3)4/h5-7,10,13,16,19-20H,8-9,11-12H2,1-4H3,(H,23,27). The van der Waals surface area contributed by atoms with Gasteiger partial charge in [-0.25, -0.2) is 0 Å². The third-order valence-electron chi connectivity index (χ3n) is 5.74. The number of nitrogens with zero attached hydrogens (tertiary/aromatic N) is 4. The van der Waals surface area contributed by atoms with Crippen LogP contribution in [0.2, 0.25) is 0 Å². The maximum absolute atomic E-state index is 5.76. The van der Waals surface area contributed by atoms with E-state index in [2.05, 4.69) is 70.8 Å². The summed E-state index contributed by atoms with van der Waals surface area (Å²) in [5, 5.41) is 4.39. The van der Waals surface area contributed by atoms with Crippen molar-refractivity contribution in [1.82, 2.24) is 24.7 Å². The fourth-order valence-electron chi connectivity index (χ4n) is 4.29. The molecule has 0 amide bonds. The third-order valence-corrected chi connectivity index (χ3v) is 6.09. The topological polar surface area (TPSA) is 36.3 Å². The van der Waals surface area contributed by atoms with E-state index in [0.29, 0.717) is 6.04 Å². The van der Waals surface area contributed by atoms with Gasteiger partial charge in [0.2, 0.25) is 0 Å². The van der Waals surface area contributed by atoms with E-state index in [0.717, 1.165) is 23.9 Å². The lowest BCUT2D eigenvalue weighted by molar-refractivity contribution is 0.277. The molecule has 1 saturated heterocycles. The summed E-state index contributed by atoms with van der Waals surface area (Å²) in [4.78, 5) is 9.21. The number of likely N-dealkylation sites (N-methyl/N-ethyl adjacent to an activating group) is 1. The van der Waals surface area contributed by atoms with Gasteiger partial charge < -0.3 is 19.7 Å². The van der Waals surface area contributed by atoms with Crippen LogP contribution < -0.4 is 5.32 Å². The predicted molar refractivity (Wildman–Crippen MR) is 113 cm³/mol. The summed E-state index contributed by atoms with van der Waals surface area (Å²) in [7, 11) is 4.22. The van der Waals surface area contributed by atoms with Gasteiger partial charge in [-0.05, 0) is 76.8 Å². The highest BCUT2D eigenvalue weighted by atomic mass is 32.1. The van der Waals surface area contributed by atoms with Crippen LogP contribution in [0, 0.1) is 13.8 Å². The van der Waals surface area contributed by atoms with Crippen LogP contribution in [0.3, 0.4) is 0 Å². The van der Waals surface area contributed by atoms with Gasteiger partial charge >= 0.3 is 0 Å². The molecule has 6 heteroatoms. The van der Waals surface area contributed by atoms with E-state index in [9.17, 15) is 0 Å². The number of hydrogen-bond acceptors (Lipinski definition) is 3. The highest BCUT2D eigenvalue weighted by molar-refractivity contribution is 7.80. The van der Waals surface area contributed by atoms with E-state index >= 15 is 0 Å². The minimum atomic E-state index is 0.0778. The summed E-state index contributed by atoms with van der Waals surface area (Å²) >= 11 is 5.76. The van der Waals surface area contributed by atoms with Crippen LogP contribution in [0.25, 0.3) is 0 Å². The SMILES string of the molecule is Cc1cc(C2C(c3ccccn3)NC(=S)N2CCN(C)C)c(C)n1C1CC1. The molecular weight excluding hydrogens is 354 g/mol. The smallest absolute Gasteiger partial charge is 0.170 e. The van der Waals surface area contributed by atoms with Gasteiger partial charge in [0, 0.05) is 36.7 Å². The zero-order valence-electron chi connectivity index (χ0n) is 16.6. The van der Waals surface area contributed by atoms with Crippen molar-refractivity contribution in [3.8, 4) is 0 Å². The van der Waals surface area contributed by atoms with Crippen molar-refractivity contribution in [3.63, 3.8) is 0 Å². The molecule has 2 unspecified atom stereocenters. The molecular formula is C21H29N5S. The largest absolute Gasteiger partial charge is 0.352 e. The summed E-state index contributed by atoms with van der Waals surface area (Å²) in [5.41, 5.74) is 5.16. The number of aryl methyl sites for hydroxylation is 1. The van der Waals surface area contributed by atoms with E-state index in [1.807, 2.05) is 12.3 Å². The average Bonchev–Trinajstić information content (AvgIpc) is 3.35. The fourth-order valence-corrected chi connectivity index (χ4v) is 4.62. The maximum Gasteiger partial charge on any atom is 0.170 e. The zero-order chi connectivity index (χ0) is 19.1. The Hall–Kier alpha value is -1.92. The summed E-state index contributed by atoms with van der Waals surface area (Å²) < 4.78 is 2.52. The molecule has 1 saturated carbocycles. The molecule has 2 atom stereocenters. The van der Waals surface area contributed by atoms with E-state index < -0.39 is 0 Å². The Labute approximate surface area is 167 Å². The van der Waals surface area contributed by atoms with E-state index in [1.165, 1.54) is 29.8 Å². The van der Waals surface area contributed by atoms with Crippen molar-refractivity contribution in [2.75, 3.05) is 27.2 Å². The number of aromatic nitrogens is 2. The monoisotopic (exact) mass is 383 g/mol. The molecule has 2 aromatic heterocycles. The molecule has 2 aromatic rings. The molecule has 0 radical (unpaired) electrons. The van der Waals surface area contributed by atoms with Crippen LogP contribution in [-0.4, -0.2) is 51.6 Å². The Morgan fingerprint density at radius 3 is 2.67 bits per heavy atom. The molecule has 0 bridgehead atoms. The second-order valence-corrected chi connectivity index (χ2v) is 8.44. The van der Waals surface area contributed by atoms with Crippen LogP contribution in [0.5, 0.6) is 0 Å². The molecule has 3 heterocycles. The quantitative estimate of drug-likeness (QED) is 0.774. The number of hydrogen-bond donors (Lipinski definition) is 1. The van der Waals surface area contributed by atoms with Gasteiger partial charge in [0.25, 0.3) is 0 Å². The Kier molecular flexibility index (Phi) is 4.95. The van der Waals surface area contributed by atoms with E-state index in [4.69, 9.17) is 12.2 Å². The van der Waals surface area contributed by atoms with Gasteiger partial charge in [0.05, 0.1) is 17.8 Å². The van der Waals surface area contributed by atoms with Crippen LogP contribution in [-0.2, 0) is 0 Å². The number of pyridine rings is 1. The molecule has 2 aliphatic rings. The molecule has 1 aliphatic heterocycles. The van der Waals surface area contributed by atoms with Crippen molar-refractivity contribution in [2.24, 2.45) is 0 Å². The van der Waals surface area contributed by atoms with Crippen molar-refractivity contribution in [3.05, 3.63) is 53.1 Å². The average molecular weight is 384 g/mol. The van der Waals surface area contributed by atoms with Crippen LogP contribution >= 0.6 is 12.2 Å². The minimum absolute atomic E-state index is 0.0778. The molecule has 4 rings (SSSR count). The molecule has 5 nitrogen and oxygen atoms in total. The first kappa shape index (κ1) is 18.4. The van der Waals surface area contributed by atoms with Crippen molar-refractivity contribution < 1.29 is 0 Å². The molecule has 2 fully saturated rings. The number of rotatable bonds is 6. The van der Waals surface area contributed by atoms with Gasteiger partial charge in [-0.15, -0.1) is 0 Å². The zero-order valence-corrected chi connectivity index (χ0v) is 17.5. The first-order valence-electron chi connectivity index (χ1n) is 9.78. The second-order valence-electron chi connectivity index (χ2n) is 8.05. The minimum Gasteiger partial charge on any atom is -0.352 e. The van der Waals surface area contributed by atoms with Gasteiger partial charge in [0.1, 0.15) is 0 Å². The lowest BCUT2D eigenvalue weighted by Crippen LogP contribution is -2.35. The van der Waals surface area contributed by atoms with Crippen molar-refractivity contribution in [2.45, 2.75) is 44.8 Å². The lowest BCUT2D eigenvalue weighted by atomic mass is 9.97. The van der Waals surface area contributed by atoms with Crippen molar-refractivity contribution in [1.29, 1.82) is 0 Å². The molecule has 0 aromatic carbocycles. The molecule has 144 valence electrons. The van der Waals surface area contributed by atoms with Crippen LogP contribution in [0.1, 0.15) is 53.6 Å². The highest BCUT2D eigenvalue weighted by Gasteiger charge is 2.41. The Morgan fingerprint density at radius 2 is 2.04 bits per heavy atom. The molecule has 27 heavy (non-hydrogen) atoms. The van der Waals surface area contributed by atoms with Gasteiger partial charge in [0.15, 0.2) is 5.11 Å². The lowest BCUT2D eigenvalue weighted by Gasteiger charge is -2.29. The summed E-state index contributed by atoms with van der Waals surface area (Å²) in [5.74, 6) is 0. The van der Waals surface area contributed by atoms with E-state index in [-0.39, 0.29) is 12.1 Å². The van der Waals surface area contributed by atoms with Crippen LogP contribution in [0.15, 0.2) is 30.5 Å². The molecule has 0 spiro atoms.